The number of aryl methyl sites for hydroxylation is 1. The molecule has 7 heteroatoms. The Morgan fingerprint density at radius 1 is 1.21 bits per heavy atom. The molecule has 0 atom stereocenters. The third-order valence-corrected chi connectivity index (χ3v) is 5.16. The molecule has 0 aliphatic heterocycles. The summed E-state index contributed by atoms with van der Waals surface area (Å²) in [4.78, 5) is 12.5. The highest BCUT2D eigenvalue weighted by Crippen LogP contribution is 2.23. The van der Waals surface area contributed by atoms with E-state index >= 15 is 0 Å². The van der Waals surface area contributed by atoms with Crippen molar-refractivity contribution in [1.29, 1.82) is 0 Å². The van der Waals surface area contributed by atoms with Gasteiger partial charge in [0.25, 0.3) is 0 Å². The van der Waals surface area contributed by atoms with E-state index < -0.39 is 0 Å². The summed E-state index contributed by atoms with van der Waals surface area (Å²) < 4.78 is 14.9. The maximum atomic E-state index is 13.0. The van der Waals surface area contributed by atoms with Crippen LogP contribution in [0.25, 0.3) is 0 Å². The van der Waals surface area contributed by atoms with Gasteiger partial charge in [0, 0.05) is 18.0 Å². The minimum absolute atomic E-state index is 0.117. The number of anilines is 1. The van der Waals surface area contributed by atoms with Crippen LogP contribution < -0.4 is 5.32 Å². The molecule has 0 saturated carbocycles. The lowest BCUT2D eigenvalue weighted by molar-refractivity contribution is -0.115. The molecule has 0 saturated heterocycles. The number of hydrogen-bond donors (Lipinski definition) is 1. The number of hydrogen-bond acceptors (Lipinski definition) is 4. The number of thioether (sulfide) groups is 1. The van der Waals surface area contributed by atoms with Crippen LogP contribution in [0.3, 0.4) is 0 Å². The average Bonchev–Trinajstić information content (AvgIpc) is 3.05. The largest absolute Gasteiger partial charge is 0.325 e. The molecule has 0 fully saturated rings. The van der Waals surface area contributed by atoms with Crippen molar-refractivity contribution in [2.24, 2.45) is 0 Å². The molecule has 3 rings (SSSR count). The molecule has 2 aromatic carbocycles. The summed E-state index contributed by atoms with van der Waals surface area (Å²) in [6.07, 6.45) is 1.86. The summed E-state index contributed by atoms with van der Waals surface area (Å²) in [5.74, 6) is 0.797. The fourth-order valence-corrected chi connectivity index (χ4v) is 3.57. The highest BCUT2D eigenvalue weighted by atomic mass is 32.2. The van der Waals surface area contributed by atoms with E-state index in [-0.39, 0.29) is 18.1 Å². The van der Waals surface area contributed by atoms with Crippen LogP contribution >= 0.6 is 11.8 Å². The lowest BCUT2D eigenvalue weighted by Crippen LogP contribution is -2.18. The molecule has 3 aromatic rings. The Kier molecular flexibility index (Phi) is 6.60. The van der Waals surface area contributed by atoms with E-state index in [2.05, 4.69) is 22.1 Å². The van der Waals surface area contributed by atoms with Crippen molar-refractivity contribution in [1.82, 2.24) is 14.8 Å². The summed E-state index contributed by atoms with van der Waals surface area (Å²) in [5, 5.41) is 12.0. The SMILES string of the molecule is C=CCn1c(CC(=O)Nc2ccccc2C)nnc1SCc1ccc(F)cc1. The van der Waals surface area contributed by atoms with Crippen molar-refractivity contribution in [3.63, 3.8) is 0 Å². The van der Waals surface area contributed by atoms with Crippen LogP contribution in [-0.2, 0) is 23.5 Å². The van der Waals surface area contributed by atoms with Crippen molar-refractivity contribution in [2.75, 3.05) is 5.32 Å². The first-order valence-corrected chi connectivity index (χ1v) is 9.81. The molecule has 0 bridgehead atoms. The Balaban J connectivity index is 1.69. The molecule has 1 aromatic heterocycles. The van der Waals surface area contributed by atoms with E-state index in [0.29, 0.717) is 23.3 Å². The number of rotatable bonds is 8. The van der Waals surface area contributed by atoms with Gasteiger partial charge in [0.15, 0.2) is 5.16 Å². The zero-order chi connectivity index (χ0) is 19.9. The van der Waals surface area contributed by atoms with Crippen molar-refractivity contribution >= 4 is 23.4 Å². The van der Waals surface area contributed by atoms with E-state index in [4.69, 9.17) is 0 Å². The van der Waals surface area contributed by atoms with Gasteiger partial charge in [-0.15, -0.1) is 16.8 Å². The van der Waals surface area contributed by atoms with Crippen LogP contribution in [0.2, 0.25) is 0 Å². The molecule has 0 unspecified atom stereocenters. The molecular formula is C21H21FN4OS. The molecule has 0 radical (unpaired) electrons. The minimum atomic E-state index is -0.259. The number of carbonyl (C=O) groups excluding carboxylic acids is 1. The Bertz CT molecular complexity index is 969. The summed E-state index contributed by atoms with van der Waals surface area (Å²) >= 11 is 1.49. The standard InChI is InChI=1S/C21H21FN4OS/c1-3-12-26-19(13-20(27)23-18-7-5-4-6-15(18)2)24-25-21(26)28-14-16-8-10-17(22)11-9-16/h3-11H,1,12-14H2,2H3,(H,23,27). The highest BCUT2D eigenvalue weighted by molar-refractivity contribution is 7.98. The molecule has 1 amide bonds. The van der Waals surface area contributed by atoms with Crippen molar-refractivity contribution < 1.29 is 9.18 Å². The van der Waals surface area contributed by atoms with Gasteiger partial charge in [-0.25, -0.2) is 4.39 Å². The molecular weight excluding hydrogens is 375 g/mol. The molecule has 144 valence electrons. The van der Waals surface area contributed by atoms with E-state index in [1.807, 2.05) is 35.8 Å². The number of para-hydroxylation sites is 1. The number of aromatic nitrogens is 3. The third kappa shape index (κ3) is 5.07. The highest BCUT2D eigenvalue weighted by Gasteiger charge is 2.15. The number of allylic oxidation sites excluding steroid dienone is 1. The van der Waals surface area contributed by atoms with Gasteiger partial charge in [0.1, 0.15) is 11.6 Å². The summed E-state index contributed by atoms with van der Waals surface area (Å²) in [6.45, 7) is 6.23. The van der Waals surface area contributed by atoms with Crippen molar-refractivity contribution in [3.05, 3.63) is 84.0 Å². The van der Waals surface area contributed by atoms with Gasteiger partial charge in [0.05, 0.1) is 6.42 Å². The first-order chi connectivity index (χ1) is 13.6. The summed E-state index contributed by atoms with van der Waals surface area (Å²) in [5.41, 5.74) is 2.77. The average molecular weight is 396 g/mol. The molecule has 28 heavy (non-hydrogen) atoms. The maximum Gasteiger partial charge on any atom is 0.232 e. The number of nitrogens with zero attached hydrogens (tertiary/aromatic N) is 3. The van der Waals surface area contributed by atoms with E-state index in [9.17, 15) is 9.18 Å². The lowest BCUT2D eigenvalue weighted by Gasteiger charge is -2.10. The predicted octanol–water partition coefficient (Wildman–Crippen LogP) is 4.39. The van der Waals surface area contributed by atoms with Gasteiger partial charge in [-0.2, -0.15) is 0 Å². The number of halogens is 1. The van der Waals surface area contributed by atoms with Crippen LogP contribution in [-0.4, -0.2) is 20.7 Å². The van der Waals surface area contributed by atoms with Gasteiger partial charge < -0.3 is 9.88 Å². The topological polar surface area (TPSA) is 59.8 Å². The summed E-state index contributed by atoms with van der Waals surface area (Å²) in [6, 6.07) is 14.0. The number of benzene rings is 2. The van der Waals surface area contributed by atoms with Crippen LogP contribution in [0.15, 0.2) is 66.3 Å². The monoisotopic (exact) mass is 396 g/mol. The van der Waals surface area contributed by atoms with Gasteiger partial charge >= 0.3 is 0 Å². The van der Waals surface area contributed by atoms with E-state index in [0.717, 1.165) is 16.8 Å². The van der Waals surface area contributed by atoms with E-state index in [1.165, 1.54) is 23.9 Å². The Labute approximate surface area is 167 Å². The zero-order valence-corrected chi connectivity index (χ0v) is 16.4. The second-order valence-corrected chi connectivity index (χ2v) is 7.20. The number of amides is 1. The van der Waals surface area contributed by atoms with Gasteiger partial charge in [-0.1, -0.05) is 48.2 Å². The quantitative estimate of drug-likeness (QED) is 0.453. The fourth-order valence-electron chi connectivity index (χ4n) is 2.65. The second-order valence-electron chi connectivity index (χ2n) is 6.25. The molecule has 5 nitrogen and oxygen atoms in total. The molecule has 0 spiro atoms. The van der Waals surface area contributed by atoms with Crippen molar-refractivity contribution in [2.45, 2.75) is 30.8 Å². The predicted molar refractivity (Wildman–Crippen MR) is 110 cm³/mol. The van der Waals surface area contributed by atoms with Gasteiger partial charge in [-0.3, -0.25) is 4.79 Å². The zero-order valence-electron chi connectivity index (χ0n) is 15.6. The Morgan fingerprint density at radius 2 is 1.96 bits per heavy atom. The number of nitrogens with one attached hydrogen (secondary N) is 1. The number of carbonyl (C=O) groups is 1. The van der Waals surface area contributed by atoms with E-state index in [1.54, 1.807) is 18.2 Å². The fraction of sp³-hybridized carbons (Fsp3) is 0.190. The van der Waals surface area contributed by atoms with Crippen LogP contribution in [0.5, 0.6) is 0 Å². The molecule has 0 aliphatic rings. The van der Waals surface area contributed by atoms with Crippen LogP contribution in [0, 0.1) is 12.7 Å². The lowest BCUT2D eigenvalue weighted by atomic mass is 10.2. The third-order valence-electron chi connectivity index (χ3n) is 4.12. The molecule has 1 N–H and O–H groups in total. The minimum Gasteiger partial charge on any atom is -0.325 e. The second kappa shape index (κ2) is 9.32. The smallest absolute Gasteiger partial charge is 0.232 e. The first kappa shape index (κ1) is 19.8. The first-order valence-electron chi connectivity index (χ1n) is 8.82. The Hall–Kier alpha value is -2.93. The maximum absolute atomic E-state index is 13.0. The van der Waals surface area contributed by atoms with Crippen LogP contribution in [0.1, 0.15) is 17.0 Å². The Morgan fingerprint density at radius 3 is 2.68 bits per heavy atom. The molecule has 1 heterocycles. The van der Waals surface area contributed by atoms with Crippen LogP contribution in [0.4, 0.5) is 10.1 Å². The summed E-state index contributed by atoms with van der Waals surface area (Å²) in [7, 11) is 0. The molecule has 0 aliphatic carbocycles. The van der Waals surface area contributed by atoms with Crippen molar-refractivity contribution in [3.8, 4) is 0 Å². The van der Waals surface area contributed by atoms with Gasteiger partial charge in [-0.05, 0) is 36.2 Å². The van der Waals surface area contributed by atoms with Gasteiger partial charge in [0.2, 0.25) is 5.91 Å². The normalized spacial score (nSPS) is 10.6.